The lowest BCUT2D eigenvalue weighted by Crippen LogP contribution is -2.43. The molecule has 0 saturated carbocycles. The lowest BCUT2D eigenvalue weighted by atomic mass is 10.1. The van der Waals surface area contributed by atoms with Crippen molar-refractivity contribution in [1.29, 1.82) is 0 Å². The second-order valence-electron chi connectivity index (χ2n) is 5.63. The summed E-state index contributed by atoms with van der Waals surface area (Å²) in [6.45, 7) is 1.68. The zero-order chi connectivity index (χ0) is 17.5. The predicted octanol–water partition coefficient (Wildman–Crippen LogP) is 2.93. The number of hydrogen-bond acceptors (Lipinski definition) is 2. The van der Waals surface area contributed by atoms with Crippen LogP contribution in [-0.2, 0) is 6.42 Å². The van der Waals surface area contributed by atoms with E-state index in [9.17, 15) is 18.7 Å². The Morgan fingerprint density at radius 3 is 2.62 bits per heavy atom. The fourth-order valence-electron chi connectivity index (χ4n) is 2.39. The number of urea groups is 1. The van der Waals surface area contributed by atoms with Crippen molar-refractivity contribution >= 4 is 6.03 Å². The molecule has 0 bridgehead atoms. The van der Waals surface area contributed by atoms with E-state index in [1.807, 2.05) is 0 Å². The van der Waals surface area contributed by atoms with Crippen molar-refractivity contribution in [2.45, 2.75) is 25.5 Å². The van der Waals surface area contributed by atoms with E-state index in [1.165, 1.54) is 30.3 Å². The van der Waals surface area contributed by atoms with Crippen LogP contribution in [0.4, 0.5) is 13.6 Å². The van der Waals surface area contributed by atoms with Crippen molar-refractivity contribution in [3.63, 3.8) is 0 Å². The van der Waals surface area contributed by atoms with E-state index in [0.29, 0.717) is 6.42 Å². The van der Waals surface area contributed by atoms with Gasteiger partial charge in [-0.2, -0.15) is 0 Å². The molecule has 2 aromatic rings. The molecular weight excluding hydrogens is 314 g/mol. The van der Waals surface area contributed by atoms with Crippen LogP contribution < -0.4 is 10.6 Å². The van der Waals surface area contributed by atoms with Crippen molar-refractivity contribution in [2.75, 3.05) is 6.54 Å². The van der Waals surface area contributed by atoms with E-state index in [-0.39, 0.29) is 24.0 Å². The number of aliphatic hydroxyl groups excluding tert-OH is 1. The summed E-state index contributed by atoms with van der Waals surface area (Å²) in [6, 6.07) is 11.3. The molecule has 2 amide bonds. The molecule has 3 N–H and O–H groups in total. The first-order valence-corrected chi connectivity index (χ1v) is 7.67. The smallest absolute Gasteiger partial charge is 0.315 e. The van der Waals surface area contributed by atoms with Crippen LogP contribution in [0.25, 0.3) is 0 Å². The minimum absolute atomic E-state index is 0.112. The first-order valence-electron chi connectivity index (χ1n) is 7.67. The Hall–Kier alpha value is -2.47. The molecule has 2 rings (SSSR count). The molecule has 0 aromatic heterocycles. The van der Waals surface area contributed by atoms with E-state index in [1.54, 1.807) is 25.1 Å². The standard InChI is InChI=1S/C18H20F2N2O2/c1-12(9-13-5-4-6-14(19)10-13)22-18(24)21-11-17(23)15-7-2-3-8-16(15)20/h2-8,10,12,17,23H,9,11H2,1H3,(H2,21,22,24). The van der Waals surface area contributed by atoms with Gasteiger partial charge in [-0.15, -0.1) is 0 Å². The number of halogens is 2. The van der Waals surface area contributed by atoms with E-state index < -0.39 is 18.0 Å². The first-order chi connectivity index (χ1) is 11.5. The second kappa shape index (κ2) is 8.40. The lowest BCUT2D eigenvalue weighted by molar-refractivity contribution is 0.168. The molecule has 6 heteroatoms. The van der Waals surface area contributed by atoms with Crippen molar-refractivity contribution in [3.05, 3.63) is 71.3 Å². The van der Waals surface area contributed by atoms with Gasteiger partial charge in [-0.3, -0.25) is 0 Å². The summed E-state index contributed by atoms with van der Waals surface area (Å²) in [4.78, 5) is 11.8. The van der Waals surface area contributed by atoms with Gasteiger partial charge in [0.25, 0.3) is 0 Å². The van der Waals surface area contributed by atoms with Crippen molar-refractivity contribution in [3.8, 4) is 0 Å². The number of hydrogen-bond donors (Lipinski definition) is 3. The predicted molar refractivity (Wildman–Crippen MR) is 87.5 cm³/mol. The molecule has 0 heterocycles. The van der Waals surface area contributed by atoms with Crippen LogP contribution in [0, 0.1) is 11.6 Å². The zero-order valence-electron chi connectivity index (χ0n) is 13.3. The molecule has 4 nitrogen and oxygen atoms in total. The molecule has 0 saturated heterocycles. The summed E-state index contributed by atoms with van der Waals surface area (Å²) in [6.07, 6.45) is -0.656. The minimum atomic E-state index is -1.13. The number of aliphatic hydroxyl groups is 1. The average Bonchev–Trinajstić information content (AvgIpc) is 2.53. The summed E-state index contributed by atoms with van der Waals surface area (Å²) >= 11 is 0. The van der Waals surface area contributed by atoms with Crippen molar-refractivity contribution in [2.24, 2.45) is 0 Å². The number of carbonyl (C=O) groups is 1. The Balaban J connectivity index is 1.79. The van der Waals surface area contributed by atoms with Crippen LogP contribution in [0.1, 0.15) is 24.2 Å². The molecule has 2 unspecified atom stereocenters. The van der Waals surface area contributed by atoms with Gasteiger partial charge in [0.1, 0.15) is 11.6 Å². The molecule has 0 fully saturated rings. The quantitative estimate of drug-likeness (QED) is 0.761. The number of rotatable bonds is 6. The molecule has 2 atom stereocenters. The van der Waals surface area contributed by atoms with Crippen LogP contribution in [0.5, 0.6) is 0 Å². The summed E-state index contributed by atoms with van der Waals surface area (Å²) in [7, 11) is 0. The van der Waals surface area contributed by atoms with E-state index in [4.69, 9.17) is 0 Å². The third kappa shape index (κ3) is 5.31. The SMILES string of the molecule is CC(Cc1cccc(F)c1)NC(=O)NCC(O)c1ccccc1F. The van der Waals surface area contributed by atoms with Gasteiger partial charge in [-0.25, -0.2) is 13.6 Å². The van der Waals surface area contributed by atoms with Gasteiger partial charge >= 0.3 is 6.03 Å². The van der Waals surface area contributed by atoms with E-state index in [2.05, 4.69) is 10.6 Å². The summed E-state index contributed by atoms with van der Waals surface area (Å²) < 4.78 is 26.7. The molecule has 0 radical (unpaired) electrons. The summed E-state index contributed by atoms with van der Waals surface area (Å²) in [5.74, 6) is -0.844. The zero-order valence-corrected chi connectivity index (χ0v) is 13.3. The van der Waals surface area contributed by atoms with Gasteiger partial charge in [0.15, 0.2) is 0 Å². The highest BCUT2D eigenvalue weighted by atomic mass is 19.1. The molecule has 24 heavy (non-hydrogen) atoms. The van der Waals surface area contributed by atoms with Crippen LogP contribution in [0.3, 0.4) is 0 Å². The fourth-order valence-corrected chi connectivity index (χ4v) is 2.39. The maximum atomic E-state index is 13.5. The number of amides is 2. The summed E-state index contributed by atoms with van der Waals surface area (Å²) in [5, 5.41) is 15.1. The Bertz CT molecular complexity index is 694. The van der Waals surface area contributed by atoms with Crippen molar-refractivity contribution < 1.29 is 18.7 Å². The van der Waals surface area contributed by atoms with Gasteiger partial charge in [-0.05, 0) is 37.1 Å². The molecular formula is C18H20F2N2O2. The van der Waals surface area contributed by atoms with Gasteiger partial charge in [-0.1, -0.05) is 30.3 Å². The maximum absolute atomic E-state index is 13.5. The molecule has 0 spiro atoms. The van der Waals surface area contributed by atoms with Crippen LogP contribution in [0.2, 0.25) is 0 Å². The first kappa shape index (κ1) is 17.9. The molecule has 128 valence electrons. The van der Waals surface area contributed by atoms with Crippen LogP contribution in [-0.4, -0.2) is 23.7 Å². The molecule has 2 aromatic carbocycles. The highest BCUT2D eigenvalue weighted by molar-refractivity contribution is 5.74. The van der Waals surface area contributed by atoms with E-state index in [0.717, 1.165) is 5.56 Å². The monoisotopic (exact) mass is 334 g/mol. The van der Waals surface area contributed by atoms with Crippen molar-refractivity contribution in [1.82, 2.24) is 10.6 Å². The van der Waals surface area contributed by atoms with Crippen LogP contribution >= 0.6 is 0 Å². The molecule has 0 aliphatic heterocycles. The topological polar surface area (TPSA) is 61.4 Å². The summed E-state index contributed by atoms with van der Waals surface area (Å²) in [5.41, 5.74) is 0.903. The van der Waals surface area contributed by atoms with Crippen LogP contribution in [0.15, 0.2) is 48.5 Å². The molecule has 0 aliphatic rings. The van der Waals surface area contributed by atoms with Gasteiger partial charge < -0.3 is 15.7 Å². The fraction of sp³-hybridized carbons (Fsp3) is 0.278. The number of nitrogens with one attached hydrogen (secondary N) is 2. The Kier molecular flexibility index (Phi) is 6.26. The molecule has 0 aliphatic carbocycles. The third-order valence-electron chi connectivity index (χ3n) is 3.53. The lowest BCUT2D eigenvalue weighted by Gasteiger charge is -2.17. The second-order valence-corrected chi connectivity index (χ2v) is 5.63. The highest BCUT2D eigenvalue weighted by Crippen LogP contribution is 2.15. The Labute approximate surface area is 139 Å². The largest absolute Gasteiger partial charge is 0.386 e. The number of carbonyl (C=O) groups excluding carboxylic acids is 1. The third-order valence-corrected chi connectivity index (χ3v) is 3.53. The Morgan fingerprint density at radius 2 is 1.92 bits per heavy atom. The maximum Gasteiger partial charge on any atom is 0.315 e. The minimum Gasteiger partial charge on any atom is -0.386 e. The van der Waals surface area contributed by atoms with Gasteiger partial charge in [0.05, 0.1) is 6.10 Å². The number of benzene rings is 2. The Morgan fingerprint density at radius 1 is 1.17 bits per heavy atom. The highest BCUT2D eigenvalue weighted by Gasteiger charge is 2.14. The van der Waals surface area contributed by atoms with E-state index >= 15 is 0 Å². The average molecular weight is 334 g/mol. The van der Waals surface area contributed by atoms with Gasteiger partial charge in [0.2, 0.25) is 0 Å². The normalized spacial score (nSPS) is 13.2. The van der Waals surface area contributed by atoms with Gasteiger partial charge in [0, 0.05) is 18.2 Å².